The maximum atomic E-state index is 12.5. The summed E-state index contributed by atoms with van der Waals surface area (Å²) in [5.41, 5.74) is 5.20. The molecule has 1 N–H and O–H groups in total. The molecule has 5 heteroatoms. The number of aromatic nitrogens is 1. The number of anilines is 1. The number of rotatable bonds is 6. The molecular formula is C20H20N2O2S. The van der Waals surface area contributed by atoms with Gasteiger partial charge in [0, 0.05) is 16.6 Å². The maximum absolute atomic E-state index is 12.5. The molecule has 0 bridgehead atoms. The van der Waals surface area contributed by atoms with Crippen LogP contribution in [0.25, 0.3) is 0 Å². The van der Waals surface area contributed by atoms with Gasteiger partial charge in [0.1, 0.15) is 12.4 Å². The van der Waals surface area contributed by atoms with Crippen LogP contribution >= 0.6 is 11.3 Å². The number of carbonyl (C=O) groups excluding carboxylic acids is 1. The lowest BCUT2D eigenvalue weighted by molar-refractivity contribution is 0.102. The summed E-state index contributed by atoms with van der Waals surface area (Å²) in [5, 5.41) is 4.89. The topological polar surface area (TPSA) is 51.2 Å². The highest BCUT2D eigenvalue weighted by Gasteiger charge is 2.09. The quantitative estimate of drug-likeness (QED) is 0.671. The molecular weight excluding hydrogens is 332 g/mol. The van der Waals surface area contributed by atoms with Gasteiger partial charge in [0.2, 0.25) is 0 Å². The summed E-state index contributed by atoms with van der Waals surface area (Å²) >= 11 is 1.53. The van der Waals surface area contributed by atoms with Crippen molar-refractivity contribution < 1.29 is 9.53 Å². The van der Waals surface area contributed by atoms with Gasteiger partial charge >= 0.3 is 0 Å². The van der Waals surface area contributed by atoms with Crippen molar-refractivity contribution in [1.29, 1.82) is 0 Å². The van der Waals surface area contributed by atoms with Gasteiger partial charge in [-0.3, -0.25) is 4.79 Å². The van der Waals surface area contributed by atoms with Crippen LogP contribution in [0.2, 0.25) is 0 Å². The third-order valence-corrected chi connectivity index (χ3v) is 4.41. The van der Waals surface area contributed by atoms with Gasteiger partial charge in [-0.25, -0.2) is 4.98 Å². The lowest BCUT2D eigenvalue weighted by atomic mass is 10.0. The normalized spacial score (nSPS) is 10.7. The molecule has 0 fully saturated rings. The van der Waals surface area contributed by atoms with E-state index in [1.165, 1.54) is 16.9 Å². The molecule has 0 aliphatic heterocycles. The standard InChI is InChI=1S/C20H20N2O2S/c1-14(2)15-5-3-7-17(9-15)22-20(23)16-6-4-8-19(10-16)24-11-18-12-25-13-21-18/h3-10,12-14H,11H2,1-2H3,(H,22,23). The van der Waals surface area contributed by atoms with E-state index in [2.05, 4.69) is 30.2 Å². The third kappa shape index (κ3) is 4.67. The van der Waals surface area contributed by atoms with E-state index in [-0.39, 0.29) is 5.91 Å². The molecule has 0 aliphatic carbocycles. The molecule has 0 spiro atoms. The van der Waals surface area contributed by atoms with E-state index in [0.29, 0.717) is 23.8 Å². The second-order valence-electron chi connectivity index (χ2n) is 6.03. The smallest absolute Gasteiger partial charge is 0.255 e. The van der Waals surface area contributed by atoms with Crippen molar-refractivity contribution in [2.45, 2.75) is 26.4 Å². The molecule has 0 saturated carbocycles. The fourth-order valence-electron chi connectivity index (χ4n) is 2.37. The van der Waals surface area contributed by atoms with Crippen molar-refractivity contribution in [1.82, 2.24) is 4.98 Å². The van der Waals surface area contributed by atoms with Crippen molar-refractivity contribution in [3.63, 3.8) is 0 Å². The summed E-state index contributed by atoms with van der Waals surface area (Å²) in [5.74, 6) is 0.913. The van der Waals surface area contributed by atoms with E-state index in [1.807, 2.05) is 35.7 Å². The Morgan fingerprint density at radius 2 is 2.04 bits per heavy atom. The number of nitrogens with one attached hydrogen (secondary N) is 1. The lowest BCUT2D eigenvalue weighted by Gasteiger charge is -2.10. The van der Waals surface area contributed by atoms with E-state index < -0.39 is 0 Å². The van der Waals surface area contributed by atoms with Gasteiger partial charge in [-0.2, -0.15) is 0 Å². The molecule has 3 rings (SSSR count). The van der Waals surface area contributed by atoms with Gasteiger partial charge < -0.3 is 10.1 Å². The van der Waals surface area contributed by atoms with Gasteiger partial charge in [0.15, 0.2) is 0 Å². The van der Waals surface area contributed by atoms with Gasteiger partial charge in [0.05, 0.1) is 11.2 Å². The molecule has 1 aromatic heterocycles. The largest absolute Gasteiger partial charge is 0.487 e. The molecule has 0 radical (unpaired) electrons. The molecule has 2 aromatic carbocycles. The number of ether oxygens (including phenoxy) is 1. The summed E-state index contributed by atoms with van der Waals surface area (Å²) in [4.78, 5) is 16.7. The minimum Gasteiger partial charge on any atom is -0.487 e. The van der Waals surface area contributed by atoms with Crippen LogP contribution in [0.5, 0.6) is 5.75 Å². The first-order valence-corrected chi connectivity index (χ1v) is 9.07. The number of carbonyl (C=O) groups is 1. The number of thiazole rings is 1. The van der Waals surface area contributed by atoms with Crippen molar-refractivity contribution in [2.75, 3.05) is 5.32 Å². The van der Waals surface area contributed by atoms with Crippen LogP contribution in [-0.4, -0.2) is 10.9 Å². The predicted molar refractivity (Wildman–Crippen MR) is 101 cm³/mol. The number of hydrogen-bond donors (Lipinski definition) is 1. The van der Waals surface area contributed by atoms with Crippen molar-refractivity contribution in [2.24, 2.45) is 0 Å². The summed E-state index contributed by atoms with van der Waals surface area (Å²) < 4.78 is 5.71. The van der Waals surface area contributed by atoms with Crippen molar-refractivity contribution >= 4 is 22.9 Å². The van der Waals surface area contributed by atoms with Crippen LogP contribution in [-0.2, 0) is 6.61 Å². The number of nitrogens with zero attached hydrogens (tertiary/aromatic N) is 1. The van der Waals surface area contributed by atoms with Crippen LogP contribution in [0, 0.1) is 0 Å². The molecule has 0 unspecified atom stereocenters. The predicted octanol–water partition coefficient (Wildman–Crippen LogP) is 5.10. The van der Waals surface area contributed by atoms with Crippen LogP contribution in [0.3, 0.4) is 0 Å². The molecule has 25 heavy (non-hydrogen) atoms. The molecule has 0 aliphatic rings. The Morgan fingerprint density at radius 1 is 1.20 bits per heavy atom. The Balaban J connectivity index is 1.67. The molecule has 0 atom stereocenters. The summed E-state index contributed by atoms with van der Waals surface area (Å²) in [6, 6.07) is 15.1. The fraction of sp³-hybridized carbons (Fsp3) is 0.200. The summed E-state index contributed by atoms with van der Waals surface area (Å²) in [6.45, 7) is 4.65. The Morgan fingerprint density at radius 3 is 2.80 bits per heavy atom. The highest BCUT2D eigenvalue weighted by Crippen LogP contribution is 2.20. The SMILES string of the molecule is CC(C)c1cccc(NC(=O)c2cccc(OCc3cscn3)c2)c1. The van der Waals surface area contributed by atoms with Crippen molar-refractivity contribution in [3.05, 3.63) is 76.2 Å². The highest BCUT2D eigenvalue weighted by molar-refractivity contribution is 7.07. The number of benzene rings is 2. The molecule has 0 saturated heterocycles. The molecule has 1 amide bonds. The van der Waals surface area contributed by atoms with Crippen molar-refractivity contribution in [3.8, 4) is 5.75 Å². The zero-order chi connectivity index (χ0) is 17.6. The zero-order valence-corrected chi connectivity index (χ0v) is 15.0. The molecule has 4 nitrogen and oxygen atoms in total. The Bertz CT molecular complexity index is 844. The monoisotopic (exact) mass is 352 g/mol. The summed E-state index contributed by atoms with van der Waals surface area (Å²) in [7, 11) is 0. The number of amides is 1. The Kier molecular flexibility index (Phi) is 5.46. The number of hydrogen-bond acceptors (Lipinski definition) is 4. The minimum absolute atomic E-state index is 0.153. The molecule has 1 heterocycles. The zero-order valence-electron chi connectivity index (χ0n) is 14.2. The van der Waals surface area contributed by atoms with Gasteiger partial charge in [-0.05, 0) is 41.8 Å². The van der Waals surface area contributed by atoms with Crippen LogP contribution < -0.4 is 10.1 Å². The molecule has 128 valence electrons. The average molecular weight is 352 g/mol. The highest BCUT2D eigenvalue weighted by atomic mass is 32.1. The van der Waals surface area contributed by atoms with E-state index in [0.717, 1.165) is 11.4 Å². The summed E-state index contributed by atoms with van der Waals surface area (Å²) in [6.07, 6.45) is 0. The first kappa shape index (κ1) is 17.2. The second kappa shape index (κ2) is 7.94. The first-order chi connectivity index (χ1) is 12.1. The molecule has 3 aromatic rings. The third-order valence-electron chi connectivity index (χ3n) is 3.78. The van der Waals surface area contributed by atoms with Gasteiger partial charge in [-0.15, -0.1) is 11.3 Å². The lowest BCUT2D eigenvalue weighted by Crippen LogP contribution is -2.12. The van der Waals surface area contributed by atoms with Crippen LogP contribution in [0.4, 0.5) is 5.69 Å². The van der Waals surface area contributed by atoms with Crippen LogP contribution in [0.1, 0.15) is 41.4 Å². The minimum atomic E-state index is -0.153. The maximum Gasteiger partial charge on any atom is 0.255 e. The van der Waals surface area contributed by atoms with E-state index in [9.17, 15) is 4.79 Å². The first-order valence-electron chi connectivity index (χ1n) is 8.13. The fourth-order valence-corrected chi connectivity index (χ4v) is 2.92. The Labute approximate surface area is 151 Å². The average Bonchev–Trinajstić information content (AvgIpc) is 3.14. The van der Waals surface area contributed by atoms with E-state index in [1.54, 1.807) is 17.6 Å². The van der Waals surface area contributed by atoms with Gasteiger partial charge in [-0.1, -0.05) is 32.0 Å². The Hall–Kier alpha value is -2.66. The van der Waals surface area contributed by atoms with E-state index >= 15 is 0 Å². The second-order valence-corrected chi connectivity index (χ2v) is 6.75. The van der Waals surface area contributed by atoms with Gasteiger partial charge in [0.25, 0.3) is 5.91 Å². The van der Waals surface area contributed by atoms with Crippen LogP contribution in [0.15, 0.2) is 59.4 Å². The van der Waals surface area contributed by atoms with E-state index in [4.69, 9.17) is 4.74 Å².